The van der Waals surface area contributed by atoms with Crippen molar-refractivity contribution in [3.05, 3.63) is 163 Å². The van der Waals surface area contributed by atoms with E-state index in [1.807, 2.05) is 0 Å². The molecule has 72 heavy (non-hydrogen) atoms. The zero-order chi connectivity index (χ0) is 52.0. The van der Waals surface area contributed by atoms with Crippen LogP contribution in [0.15, 0.2) is 24.3 Å². The highest BCUT2D eigenvalue weighted by Crippen LogP contribution is 2.52. The quantitative estimate of drug-likeness (QED) is 0.105. The number of nitrogens with one attached hydrogen (secondary N) is 2. The Balaban J connectivity index is 1.53. The van der Waals surface area contributed by atoms with Crippen molar-refractivity contribution >= 4 is 34.2 Å². The Morgan fingerprint density at radius 3 is 0.806 bits per heavy atom. The van der Waals surface area contributed by atoms with E-state index in [-0.39, 0.29) is 13.1 Å². The highest BCUT2D eigenvalue weighted by molar-refractivity contribution is 5.98. The molecule has 0 saturated carbocycles. The maximum atomic E-state index is 16.2. The summed E-state index contributed by atoms with van der Waals surface area (Å²) < 4.78 is 308. The van der Waals surface area contributed by atoms with Gasteiger partial charge in [0.25, 0.3) is 0 Å². The van der Waals surface area contributed by atoms with Crippen molar-refractivity contribution in [2.24, 2.45) is 0 Å². The lowest BCUT2D eigenvalue weighted by atomic mass is 9.86. The Bertz CT molecular complexity index is 3470. The van der Waals surface area contributed by atoms with Gasteiger partial charge in [-0.25, -0.2) is 92.8 Å². The summed E-state index contributed by atoms with van der Waals surface area (Å²) in [7, 11) is 1.35. The van der Waals surface area contributed by atoms with E-state index in [4.69, 9.17) is 0 Å². The molecule has 0 aliphatic carbocycles. The number of nitrogens with zero attached hydrogens (tertiary/aromatic N) is 3. The van der Waals surface area contributed by atoms with E-state index >= 15 is 70.2 Å². The Morgan fingerprint density at radius 1 is 0.319 bits per heavy atom. The van der Waals surface area contributed by atoms with Gasteiger partial charge in [0, 0.05) is 69.2 Å². The topological polar surface area (TPSA) is 60.6 Å². The highest BCUT2D eigenvalue weighted by Gasteiger charge is 2.45. The molecule has 0 amide bonds. The fraction of sp³-hybridized carbons (Fsp3) is 0.106. The van der Waals surface area contributed by atoms with Crippen LogP contribution in [0.5, 0.6) is 0 Å². The Labute approximate surface area is 386 Å². The van der Waals surface area contributed by atoms with Gasteiger partial charge in [0.2, 0.25) is 23.3 Å². The number of likely N-dealkylation sites (tertiary alicyclic amines) is 1. The monoisotopic (exact) mass is 1030 g/mol. The first kappa shape index (κ1) is 48.0. The molecule has 0 radical (unpaired) electrons. The fourth-order valence-electron chi connectivity index (χ4n) is 9.25. The van der Waals surface area contributed by atoms with Crippen LogP contribution in [-0.4, -0.2) is 45.0 Å². The molecule has 1 fully saturated rings. The lowest BCUT2D eigenvalue weighted by Gasteiger charge is -2.15. The van der Waals surface area contributed by atoms with Gasteiger partial charge in [-0.1, -0.05) is 0 Å². The lowest BCUT2D eigenvalue weighted by molar-refractivity contribution is 0.381. The number of fused-ring (bicyclic) bond motifs is 11. The summed E-state index contributed by atoms with van der Waals surface area (Å²) in [5.74, 6) is -55.2. The molecular weight excluding hydrogens is 1010 g/mol. The van der Waals surface area contributed by atoms with Crippen molar-refractivity contribution < 1.29 is 87.8 Å². The van der Waals surface area contributed by atoms with E-state index in [2.05, 4.69) is 19.9 Å². The number of aromatic amines is 2. The van der Waals surface area contributed by atoms with E-state index in [1.165, 1.54) is 11.9 Å². The molecule has 5 nitrogen and oxygen atoms in total. The summed E-state index contributed by atoms with van der Waals surface area (Å²) in [5.41, 5.74) is -19.4. The van der Waals surface area contributed by atoms with Gasteiger partial charge in [-0.15, -0.1) is 0 Å². The lowest BCUT2D eigenvalue weighted by Crippen LogP contribution is -2.15. The number of likely N-dealkylation sites (N-methyl/N-ethyl adjacent to an activating group) is 1. The third-order valence-corrected chi connectivity index (χ3v) is 12.4. The van der Waals surface area contributed by atoms with Crippen LogP contribution in [0.4, 0.5) is 87.8 Å². The van der Waals surface area contributed by atoms with Crippen LogP contribution in [0.3, 0.4) is 0 Å². The van der Waals surface area contributed by atoms with Gasteiger partial charge < -0.3 is 14.9 Å². The zero-order valence-corrected chi connectivity index (χ0v) is 34.9. The molecule has 8 bridgehead atoms. The van der Waals surface area contributed by atoms with Gasteiger partial charge >= 0.3 is 0 Å². The van der Waals surface area contributed by atoms with Crippen molar-refractivity contribution in [3.63, 3.8) is 0 Å². The van der Waals surface area contributed by atoms with E-state index in [9.17, 15) is 17.6 Å². The Hall–Kier alpha value is -7.70. The SMILES string of the molecule is CN1CC2c3nc(c(-c4c(F)c(F)c(F)c(F)c4F)c4ccc([nH]4)c(-c4c(F)c(F)c(F)c(F)c4F)c4nc(c(-c5c(F)c(F)c(F)c(F)c5F)c5ccc([nH]5)c3-c3c(F)c(F)c(F)c(F)c3F)C=C4)C2C1. The van der Waals surface area contributed by atoms with Crippen LogP contribution in [0.2, 0.25) is 0 Å². The van der Waals surface area contributed by atoms with Crippen molar-refractivity contribution in [1.29, 1.82) is 0 Å². The van der Waals surface area contributed by atoms with Crippen LogP contribution in [0, 0.1) is 116 Å². The second-order valence-electron chi connectivity index (χ2n) is 16.4. The highest BCUT2D eigenvalue weighted by atomic mass is 19.2. The normalized spacial score (nSPS) is 15.6. The maximum Gasteiger partial charge on any atom is 0.200 e. The minimum atomic E-state index is -2.71. The smallest absolute Gasteiger partial charge is 0.200 e. The number of H-pyrrole nitrogens is 2. The number of hydrogen-bond donors (Lipinski definition) is 2. The standard InChI is InChI=1S/C47H17F20N5/c1-72-8-10-11(9-72)47-21(25-32(54)40(62)45(67)41(63)33(25)55)17-7-5-15(70-17)19(23-28(50)36(58)43(65)37(59)29(23)51)13-3-2-12(68-13)18(22-26(48)34(56)42(64)35(57)27(22)49)14-4-6-16(69-14)20(46(10)71-47)24-30(52)38(60)44(66)39(61)31(24)53/h2-7,10-11,69-70H,8-9H2,1H3. The molecule has 4 aromatic carbocycles. The van der Waals surface area contributed by atoms with Gasteiger partial charge in [-0.05, 0) is 43.5 Å². The van der Waals surface area contributed by atoms with Gasteiger partial charge in [0.05, 0.1) is 45.0 Å². The average molecular weight is 1030 g/mol. The van der Waals surface area contributed by atoms with Crippen molar-refractivity contribution in [3.8, 4) is 44.5 Å². The molecule has 25 heteroatoms. The Morgan fingerprint density at radius 2 is 0.542 bits per heavy atom. The van der Waals surface area contributed by atoms with Crippen LogP contribution in [-0.2, 0) is 0 Å². The van der Waals surface area contributed by atoms with Crippen LogP contribution in [0.25, 0.3) is 78.7 Å². The molecule has 370 valence electrons. The van der Waals surface area contributed by atoms with E-state index < -0.39 is 218 Å². The van der Waals surface area contributed by atoms with Crippen molar-refractivity contribution in [1.82, 2.24) is 24.8 Å². The van der Waals surface area contributed by atoms with Gasteiger partial charge in [0.1, 0.15) is 0 Å². The summed E-state index contributed by atoms with van der Waals surface area (Å²) in [6, 6.07) is 2.75. The molecule has 3 aliphatic heterocycles. The summed E-state index contributed by atoms with van der Waals surface area (Å²) in [6.07, 6.45) is 1.25. The van der Waals surface area contributed by atoms with Crippen molar-refractivity contribution in [2.45, 2.75) is 11.8 Å². The molecule has 3 aliphatic rings. The van der Waals surface area contributed by atoms with Crippen LogP contribution in [0.1, 0.15) is 34.6 Å². The third-order valence-electron chi connectivity index (χ3n) is 12.4. The first-order chi connectivity index (χ1) is 34.0. The number of rotatable bonds is 4. The molecule has 6 heterocycles. The minimum Gasteiger partial charge on any atom is -0.354 e. The first-order valence-corrected chi connectivity index (χ1v) is 20.2. The summed E-state index contributed by atoms with van der Waals surface area (Å²) in [6.45, 7) is -0.750. The number of hydrogen-bond acceptors (Lipinski definition) is 3. The third kappa shape index (κ3) is 6.67. The number of halogens is 20. The molecule has 2 N–H and O–H groups in total. The van der Waals surface area contributed by atoms with Crippen LogP contribution >= 0.6 is 0 Å². The van der Waals surface area contributed by atoms with Crippen LogP contribution < -0.4 is 0 Å². The van der Waals surface area contributed by atoms with E-state index in [1.54, 1.807) is 0 Å². The minimum absolute atomic E-state index is 0.375. The summed E-state index contributed by atoms with van der Waals surface area (Å²) in [4.78, 5) is 14.4. The predicted octanol–water partition coefficient (Wildman–Crippen LogP) is 13.7. The van der Waals surface area contributed by atoms with E-state index in [0.29, 0.717) is 36.4 Å². The first-order valence-electron chi connectivity index (χ1n) is 20.2. The number of benzene rings is 4. The zero-order valence-electron chi connectivity index (χ0n) is 34.9. The molecule has 2 atom stereocenters. The maximum absolute atomic E-state index is 16.2. The molecule has 2 unspecified atom stereocenters. The predicted molar refractivity (Wildman–Crippen MR) is 214 cm³/mol. The van der Waals surface area contributed by atoms with Gasteiger partial charge in [-0.2, -0.15) is 0 Å². The van der Waals surface area contributed by atoms with E-state index in [0.717, 1.165) is 0 Å². The van der Waals surface area contributed by atoms with Gasteiger partial charge in [0.15, 0.2) is 93.1 Å². The summed E-state index contributed by atoms with van der Waals surface area (Å²) in [5, 5.41) is 0. The average Bonchev–Trinajstić information content (AvgIpc) is 4.23. The Kier molecular flexibility index (Phi) is 11.1. The largest absolute Gasteiger partial charge is 0.354 e. The second kappa shape index (κ2) is 16.7. The molecule has 10 rings (SSSR count). The molecule has 7 aromatic rings. The fourth-order valence-corrected chi connectivity index (χ4v) is 9.25. The second-order valence-corrected chi connectivity index (χ2v) is 16.4. The number of aromatic nitrogens is 4. The summed E-state index contributed by atoms with van der Waals surface area (Å²) >= 11 is 0. The van der Waals surface area contributed by atoms with Gasteiger partial charge in [-0.3, -0.25) is 4.98 Å². The molecule has 0 spiro atoms. The van der Waals surface area contributed by atoms with Crippen molar-refractivity contribution in [2.75, 3.05) is 20.1 Å². The molecule has 1 saturated heterocycles. The molecular formula is C47H17F20N5. The molecule has 3 aromatic heterocycles.